The zero-order valence-electron chi connectivity index (χ0n) is 14.8. The summed E-state index contributed by atoms with van der Waals surface area (Å²) < 4.78 is 0. The molecule has 2 N–H and O–H groups in total. The first-order chi connectivity index (χ1) is 12.3. The van der Waals surface area contributed by atoms with Crippen LogP contribution in [0.15, 0.2) is 17.5 Å². The predicted molar refractivity (Wildman–Crippen MR) is 95.8 cm³/mol. The number of carboxylic acids is 1. The number of nitrogens with one attached hydrogen (secondary N) is 1. The molecule has 1 aromatic heterocycles. The Morgan fingerprint density at radius 2 is 2.15 bits per heavy atom. The zero-order valence-corrected chi connectivity index (χ0v) is 15.6. The van der Waals surface area contributed by atoms with E-state index < -0.39 is 17.9 Å². The topological polar surface area (TPSA) is 107 Å². The minimum Gasteiger partial charge on any atom is -0.481 e. The lowest BCUT2D eigenvalue weighted by molar-refractivity contribution is -0.147. The number of aliphatic carboxylic acids is 1. The van der Waals surface area contributed by atoms with Crippen molar-refractivity contribution in [3.63, 3.8) is 0 Å². The quantitative estimate of drug-likeness (QED) is 0.752. The van der Waals surface area contributed by atoms with Crippen molar-refractivity contribution in [2.75, 3.05) is 26.7 Å². The molecule has 0 bridgehead atoms. The molecule has 1 aliphatic rings. The van der Waals surface area contributed by atoms with Crippen LogP contribution < -0.4 is 5.32 Å². The molecule has 0 radical (unpaired) electrons. The van der Waals surface area contributed by atoms with Crippen molar-refractivity contribution >= 4 is 35.0 Å². The van der Waals surface area contributed by atoms with Gasteiger partial charge in [-0.1, -0.05) is 6.07 Å². The molecule has 3 amide bonds. The number of hydrogen-bond donors (Lipinski definition) is 2. The molecule has 1 fully saturated rings. The maximum atomic E-state index is 12.4. The van der Waals surface area contributed by atoms with Crippen molar-refractivity contribution in [3.8, 4) is 0 Å². The number of hydrogen-bond acceptors (Lipinski definition) is 5. The molecular formula is C17H23N3O5S. The maximum absolute atomic E-state index is 12.4. The summed E-state index contributed by atoms with van der Waals surface area (Å²) in [4.78, 5) is 51.1. The van der Waals surface area contributed by atoms with E-state index in [4.69, 9.17) is 5.11 Å². The summed E-state index contributed by atoms with van der Waals surface area (Å²) in [7, 11) is 1.49. The second kappa shape index (κ2) is 8.79. The summed E-state index contributed by atoms with van der Waals surface area (Å²) in [5.41, 5.74) is 0. The van der Waals surface area contributed by atoms with Crippen molar-refractivity contribution in [1.82, 2.24) is 15.1 Å². The lowest BCUT2D eigenvalue weighted by Crippen LogP contribution is -2.50. The van der Waals surface area contributed by atoms with Crippen LogP contribution in [0.5, 0.6) is 0 Å². The highest BCUT2D eigenvalue weighted by atomic mass is 32.1. The fourth-order valence-corrected chi connectivity index (χ4v) is 3.48. The third-order valence-electron chi connectivity index (χ3n) is 4.33. The fraction of sp³-hybridized carbons (Fsp3) is 0.529. The molecule has 0 saturated carbocycles. The summed E-state index contributed by atoms with van der Waals surface area (Å²) in [5, 5.41) is 13.5. The normalized spacial score (nSPS) is 18.1. The molecule has 9 heteroatoms. The lowest BCUT2D eigenvalue weighted by atomic mass is 9.98. The largest absolute Gasteiger partial charge is 0.481 e. The van der Waals surface area contributed by atoms with Gasteiger partial charge in [0.15, 0.2) is 0 Å². The zero-order chi connectivity index (χ0) is 19.3. The van der Waals surface area contributed by atoms with Gasteiger partial charge in [-0.3, -0.25) is 19.2 Å². The summed E-state index contributed by atoms with van der Waals surface area (Å²) in [6.07, 6.45) is 1.19. The molecule has 8 nitrogen and oxygen atoms in total. The summed E-state index contributed by atoms with van der Waals surface area (Å²) in [6, 6.07) is 2.65. The van der Waals surface area contributed by atoms with Gasteiger partial charge in [0.05, 0.1) is 17.3 Å². The molecule has 2 unspecified atom stereocenters. The number of carbonyl (C=O) groups is 4. The van der Waals surface area contributed by atoms with Gasteiger partial charge in [-0.15, -0.1) is 11.3 Å². The van der Waals surface area contributed by atoms with Gasteiger partial charge in [0.25, 0.3) is 5.91 Å². The van der Waals surface area contributed by atoms with Gasteiger partial charge < -0.3 is 20.2 Å². The van der Waals surface area contributed by atoms with Crippen LogP contribution in [0.3, 0.4) is 0 Å². The number of nitrogens with zero attached hydrogens (tertiary/aromatic N) is 2. The second-order valence-electron chi connectivity index (χ2n) is 6.38. The van der Waals surface area contributed by atoms with E-state index in [9.17, 15) is 19.2 Å². The number of carbonyl (C=O) groups excluding carboxylic acids is 3. The molecule has 2 rings (SSSR count). The Kier molecular flexibility index (Phi) is 6.73. The fourth-order valence-electron chi connectivity index (χ4n) is 2.85. The Hall–Kier alpha value is -2.42. The molecule has 0 spiro atoms. The summed E-state index contributed by atoms with van der Waals surface area (Å²) in [6.45, 7) is 2.08. The molecule has 26 heavy (non-hydrogen) atoms. The van der Waals surface area contributed by atoms with Gasteiger partial charge in [0.1, 0.15) is 6.04 Å². The van der Waals surface area contributed by atoms with E-state index in [1.165, 1.54) is 28.2 Å². The highest BCUT2D eigenvalue weighted by molar-refractivity contribution is 7.12. The van der Waals surface area contributed by atoms with E-state index in [-0.39, 0.29) is 30.8 Å². The molecule has 1 aliphatic heterocycles. The van der Waals surface area contributed by atoms with Crippen LogP contribution in [-0.4, -0.2) is 71.3 Å². The van der Waals surface area contributed by atoms with Crippen molar-refractivity contribution in [2.45, 2.75) is 25.8 Å². The third kappa shape index (κ3) is 5.04. The Morgan fingerprint density at radius 3 is 2.77 bits per heavy atom. The first-order valence-corrected chi connectivity index (χ1v) is 9.27. The smallest absolute Gasteiger partial charge is 0.308 e. The number of piperidine rings is 1. The second-order valence-corrected chi connectivity index (χ2v) is 7.33. The molecular weight excluding hydrogens is 358 g/mol. The van der Waals surface area contributed by atoms with Crippen molar-refractivity contribution in [3.05, 3.63) is 22.4 Å². The van der Waals surface area contributed by atoms with E-state index in [1.807, 2.05) is 0 Å². The highest BCUT2D eigenvalue weighted by Crippen LogP contribution is 2.17. The minimum absolute atomic E-state index is 0.148. The van der Waals surface area contributed by atoms with Crippen LogP contribution in [0.4, 0.5) is 0 Å². The van der Waals surface area contributed by atoms with E-state index in [0.717, 1.165) is 0 Å². The van der Waals surface area contributed by atoms with Crippen molar-refractivity contribution < 1.29 is 24.3 Å². The van der Waals surface area contributed by atoms with Gasteiger partial charge in [0, 0.05) is 20.1 Å². The third-order valence-corrected chi connectivity index (χ3v) is 5.20. The number of likely N-dealkylation sites (N-methyl/N-ethyl adjacent to an activating group) is 1. The van der Waals surface area contributed by atoms with Crippen LogP contribution in [0.1, 0.15) is 29.4 Å². The van der Waals surface area contributed by atoms with Gasteiger partial charge >= 0.3 is 5.97 Å². The number of amides is 3. The van der Waals surface area contributed by atoms with Crippen molar-refractivity contribution in [1.29, 1.82) is 0 Å². The Labute approximate surface area is 155 Å². The molecule has 2 heterocycles. The first-order valence-electron chi connectivity index (χ1n) is 8.39. The summed E-state index contributed by atoms with van der Waals surface area (Å²) >= 11 is 1.28. The van der Waals surface area contributed by atoms with Crippen LogP contribution in [0, 0.1) is 5.92 Å². The van der Waals surface area contributed by atoms with Gasteiger partial charge in [-0.2, -0.15) is 0 Å². The maximum Gasteiger partial charge on any atom is 0.308 e. The lowest BCUT2D eigenvalue weighted by Gasteiger charge is -2.32. The average Bonchev–Trinajstić information content (AvgIpc) is 3.15. The molecule has 0 aromatic carbocycles. The Balaban J connectivity index is 1.86. The van der Waals surface area contributed by atoms with Gasteiger partial charge in [-0.05, 0) is 31.2 Å². The molecule has 0 aliphatic carbocycles. The monoisotopic (exact) mass is 381 g/mol. The van der Waals surface area contributed by atoms with Crippen molar-refractivity contribution in [2.24, 2.45) is 5.92 Å². The van der Waals surface area contributed by atoms with Crippen LogP contribution >= 0.6 is 11.3 Å². The van der Waals surface area contributed by atoms with E-state index >= 15 is 0 Å². The molecule has 2 atom stereocenters. The van der Waals surface area contributed by atoms with Crippen LogP contribution in [0.25, 0.3) is 0 Å². The highest BCUT2D eigenvalue weighted by Gasteiger charge is 2.29. The molecule has 142 valence electrons. The molecule has 1 saturated heterocycles. The number of likely N-dealkylation sites (tertiary alicyclic amines) is 1. The first kappa shape index (κ1) is 19.9. The minimum atomic E-state index is -0.906. The number of carboxylic acid groups (broad SMARTS) is 1. The van der Waals surface area contributed by atoms with E-state index in [0.29, 0.717) is 24.3 Å². The standard InChI is InChI=1S/C17H23N3O5S/c1-11(18-15(22)13-6-4-8-26-13)16(23)19(2)10-14(21)20-7-3-5-12(9-20)17(24)25/h4,6,8,11-12H,3,5,7,9-10H2,1-2H3,(H,18,22)(H,24,25). The average molecular weight is 381 g/mol. The number of rotatable bonds is 6. The van der Waals surface area contributed by atoms with Gasteiger partial charge in [0.2, 0.25) is 11.8 Å². The SMILES string of the molecule is CC(NC(=O)c1cccs1)C(=O)N(C)CC(=O)N1CCCC(C(=O)O)C1. The van der Waals surface area contributed by atoms with E-state index in [2.05, 4.69) is 5.32 Å². The molecule has 1 aromatic rings. The number of thiophene rings is 1. The summed E-state index contributed by atoms with van der Waals surface area (Å²) in [5.74, 6) is -2.46. The van der Waals surface area contributed by atoms with E-state index in [1.54, 1.807) is 24.4 Å². The predicted octanol–water partition coefficient (Wildman–Crippen LogP) is 0.648. The van der Waals surface area contributed by atoms with Gasteiger partial charge in [-0.25, -0.2) is 0 Å². The van der Waals surface area contributed by atoms with Crippen LogP contribution in [0.2, 0.25) is 0 Å². The Morgan fingerprint density at radius 1 is 1.42 bits per heavy atom. The Bertz CT molecular complexity index is 676. The van der Waals surface area contributed by atoms with Crippen LogP contribution in [-0.2, 0) is 14.4 Å².